The van der Waals surface area contributed by atoms with Crippen LogP contribution >= 0.6 is 24.0 Å². The Labute approximate surface area is 115 Å². The number of carbonyl (C=O) groups excluding carboxylic acids is 1. The average Bonchev–Trinajstić information content (AvgIpc) is 2.89. The van der Waals surface area contributed by atoms with E-state index in [1.807, 2.05) is 23.1 Å². The second kappa shape index (κ2) is 4.90. The Bertz CT molecular complexity index is 548. The molecule has 0 saturated carbocycles. The summed E-state index contributed by atoms with van der Waals surface area (Å²) in [5.74, 6) is 0.219. The molecule has 0 N–H and O–H groups in total. The van der Waals surface area contributed by atoms with Crippen molar-refractivity contribution in [1.29, 1.82) is 0 Å². The van der Waals surface area contributed by atoms with E-state index < -0.39 is 0 Å². The van der Waals surface area contributed by atoms with Crippen molar-refractivity contribution in [2.75, 3.05) is 13.1 Å². The lowest BCUT2D eigenvalue weighted by Gasteiger charge is -2.14. The van der Waals surface area contributed by atoms with Crippen LogP contribution in [0.3, 0.4) is 0 Å². The Balaban J connectivity index is 1.68. The number of thiazole rings is 1. The zero-order valence-electron chi connectivity index (χ0n) is 9.87. The van der Waals surface area contributed by atoms with E-state index in [0.29, 0.717) is 6.42 Å². The molecule has 1 aromatic carbocycles. The van der Waals surface area contributed by atoms with Crippen LogP contribution in [0, 0.1) is 0 Å². The van der Waals surface area contributed by atoms with E-state index in [1.165, 1.54) is 4.70 Å². The molecule has 18 heavy (non-hydrogen) atoms. The van der Waals surface area contributed by atoms with Crippen LogP contribution in [0.2, 0.25) is 0 Å². The van der Waals surface area contributed by atoms with Gasteiger partial charge in [0.25, 0.3) is 0 Å². The summed E-state index contributed by atoms with van der Waals surface area (Å²) in [6.07, 6.45) is 1.41. The standard InChI is InChI=1S/C13H14N2OS2/c16-13-7-9(17)8-15(13)6-5-12-14-10-3-1-2-4-11(10)18-12/h1-4,9,17H,5-8H2. The highest BCUT2D eigenvalue weighted by Crippen LogP contribution is 2.23. The molecule has 0 bridgehead atoms. The van der Waals surface area contributed by atoms with Crippen LogP contribution in [0.5, 0.6) is 0 Å². The van der Waals surface area contributed by atoms with E-state index in [4.69, 9.17) is 0 Å². The first-order valence-corrected chi connectivity index (χ1v) is 7.36. The minimum Gasteiger partial charge on any atom is -0.341 e. The normalized spacial score (nSPS) is 19.9. The number of thiol groups is 1. The van der Waals surface area contributed by atoms with E-state index in [1.54, 1.807) is 11.3 Å². The lowest BCUT2D eigenvalue weighted by Crippen LogP contribution is -2.27. The number of likely N-dealkylation sites (tertiary alicyclic amines) is 1. The number of aromatic nitrogens is 1. The number of benzene rings is 1. The van der Waals surface area contributed by atoms with Gasteiger partial charge in [0, 0.05) is 31.2 Å². The number of para-hydroxylation sites is 1. The van der Waals surface area contributed by atoms with Gasteiger partial charge in [0.1, 0.15) is 0 Å². The third-order valence-electron chi connectivity index (χ3n) is 3.13. The van der Waals surface area contributed by atoms with Gasteiger partial charge in [-0.2, -0.15) is 12.6 Å². The maximum absolute atomic E-state index is 11.6. The molecule has 1 aliphatic heterocycles. The minimum absolute atomic E-state index is 0.202. The van der Waals surface area contributed by atoms with Gasteiger partial charge in [0.15, 0.2) is 0 Å². The first-order chi connectivity index (χ1) is 8.72. The number of rotatable bonds is 3. The fourth-order valence-corrected chi connectivity index (χ4v) is 3.53. The summed E-state index contributed by atoms with van der Waals surface area (Å²) in [5, 5.41) is 1.31. The fraction of sp³-hybridized carbons (Fsp3) is 0.385. The molecule has 1 saturated heterocycles. The first kappa shape index (κ1) is 12.0. The summed E-state index contributed by atoms with van der Waals surface area (Å²) in [6.45, 7) is 1.53. The Morgan fingerprint density at radius 1 is 1.44 bits per heavy atom. The number of hydrogen-bond acceptors (Lipinski definition) is 4. The molecule has 1 amide bonds. The molecular weight excluding hydrogens is 264 g/mol. The van der Waals surface area contributed by atoms with Crippen molar-refractivity contribution >= 4 is 40.1 Å². The second-order valence-corrected chi connectivity index (χ2v) is 6.37. The Morgan fingerprint density at radius 3 is 3.00 bits per heavy atom. The predicted molar refractivity (Wildman–Crippen MR) is 77.3 cm³/mol. The van der Waals surface area contributed by atoms with Gasteiger partial charge in [-0.15, -0.1) is 11.3 Å². The molecule has 94 valence electrons. The molecule has 2 aromatic rings. The predicted octanol–water partition coefficient (Wildman–Crippen LogP) is 2.37. The van der Waals surface area contributed by atoms with E-state index in [0.717, 1.165) is 30.0 Å². The molecule has 0 radical (unpaired) electrons. The quantitative estimate of drug-likeness (QED) is 0.874. The van der Waals surface area contributed by atoms with Gasteiger partial charge in [-0.05, 0) is 12.1 Å². The van der Waals surface area contributed by atoms with Gasteiger partial charge in [0.2, 0.25) is 5.91 Å². The molecular formula is C13H14N2OS2. The first-order valence-electron chi connectivity index (χ1n) is 6.02. The third kappa shape index (κ3) is 2.37. The summed E-state index contributed by atoms with van der Waals surface area (Å²) in [4.78, 5) is 18.1. The molecule has 0 spiro atoms. The van der Waals surface area contributed by atoms with Gasteiger partial charge in [-0.3, -0.25) is 4.79 Å². The molecule has 0 aliphatic carbocycles. The van der Waals surface area contributed by atoms with Crippen molar-refractivity contribution in [3.05, 3.63) is 29.3 Å². The fourth-order valence-electron chi connectivity index (χ4n) is 2.22. The van der Waals surface area contributed by atoms with Crippen LogP contribution in [0.4, 0.5) is 0 Å². The molecule has 3 nitrogen and oxygen atoms in total. The van der Waals surface area contributed by atoms with Gasteiger partial charge >= 0.3 is 0 Å². The SMILES string of the molecule is O=C1CC(S)CN1CCc1nc2ccccc2s1. The number of fused-ring (bicyclic) bond motifs is 1. The molecule has 1 fully saturated rings. The zero-order chi connectivity index (χ0) is 12.5. The number of hydrogen-bond donors (Lipinski definition) is 1. The molecule has 5 heteroatoms. The van der Waals surface area contributed by atoms with Crippen molar-refractivity contribution in [2.45, 2.75) is 18.1 Å². The summed E-state index contributed by atoms with van der Waals surface area (Å²) in [7, 11) is 0. The van der Waals surface area contributed by atoms with Crippen molar-refractivity contribution in [2.24, 2.45) is 0 Å². The third-order valence-corrected chi connectivity index (χ3v) is 4.57. The van der Waals surface area contributed by atoms with E-state index in [9.17, 15) is 4.79 Å². The zero-order valence-corrected chi connectivity index (χ0v) is 11.6. The molecule has 3 rings (SSSR count). The van der Waals surface area contributed by atoms with E-state index in [2.05, 4.69) is 23.7 Å². The molecule has 1 atom stereocenters. The minimum atomic E-state index is 0.202. The number of amides is 1. The van der Waals surface area contributed by atoms with Crippen LogP contribution in [-0.4, -0.2) is 34.1 Å². The molecule has 1 aliphatic rings. The monoisotopic (exact) mass is 278 g/mol. The Morgan fingerprint density at radius 2 is 2.28 bits per heavy atom. The molecule has 2 heterocycles. The van der Waals surface area contributed by atoms with Gasteiger partial charge in [0.05, 0.1) is 15.2 Å². The summed E-state index contributed by atoms with van der Waals surface area (Å²) >= 11 is 6.07. The van der Waals surface area contributed by atoms with Crippen LogP contribution in [0.1, 0.15) is 11.4 Å². The Hall–Kier alpha value is -1.07. The van der Waals surface area contributed by atoms with Crippen molar-refractivity contribution in [1.82, 2.24) is 9.88 Å². The largest absolute Gasteiger partial charge is 0.341 e. The van der Waals surface area contributed by atoms with Crippen molar-refractivity contribution < 1.29 is 4.79 Å². The summed E-state index contributed by atoms with van der Waals surface area (Å²) < 4.78 is 1.22. The average molecular weight is 278 g/mol. The molecule has 1 aromatic heterocycles. The van der Waals surface area contributed by atoms with Crippen LogP contribution in [-0.2, 0) is 11.2 Å². The van der Waals surface area contributed by atoms with Gasteiger partial charge in [-0.1, -0.05) is 12.1 Å². The van der Waals surface area contributed by atoms with Gasteiger partial charge in [-0.25, -0.2) is 4.98 Å². The second-order valence-electron chi connectivity index (χ2n) is 4.52. The van der Waals surface area contributed by atoms with Crippen LogP contribution < -0.4 is 0 Å². The lowest BCUT2D eigenvalue weighted by molar-refractivity contribution is -0.127. The summed E-state index contributed by atoms with van der Waals surface area (Å²) in [6, 6.07) is 8.14. The van der Waals surface area contributed by atoms with E-state index in [-0.39, 0.29) is 11.2 Å². The highest BCUT2D eigenvalue weighted by atomic mass is 32.1. The number of carbonyl (C=O) groups is 1. The highest BCUT2D eigenvalue weighted by molar-refractivity contribution is 7.81. The Kier molecular flexibility index (Phi) is 3.26. The smallest absolute Gasteiger partial charge is 0.223 e. The number of nitrogens with zero attached hydrogens (tertiary/aromatic N) is 2. The van der Waals surface area contributed by atoms with Crippen LogP contribution in [0.25, 0.3) is 10.2 Å². The van der Waals surface area contributed by atoms with Gasteiger partial charge < -0.3 is 4.90 Å². The maximum atomic E-state index is 11.6. The van der Waals surface area contributed by atoms with Crippen molar-refractivity contribution in [3.63, 3.8) is 0 Å². The molecule has 1 unspecified atom stereocenters. The lowest BCUT2D eigenvalue weighted by atomic mass is 10.3. The van der Waals surface area contributed by atoms with Crippen LogP contribution in [0.15, 0.2) is 24.3 Å². The maximum Gasteiger partial charge on any atom is 0.223 e. The van der Waals surface area contributed by atoms with Crippen molar-refractivity contribution in [3.8, 4) is 0 Å². The van der Waals surface area contributed by atoms with E-state index >= 15 is 0 Å². The highest BCUT2D eigenvalue weighted by Gasteiger charge is 2.26. The summed E-state index contributed by atoms with van der Waals surface area (Å²) in [5.41, 5.74) is 1.05. The topological polar surface area (TPSA) is 33.2 Å².